The number of benzene rings is 1. The monoisotopic (exact) mass is 402 g/mol. The molecule has 0 saturated carbocycles. The average Bonchev–Trinajstić information content (AvgIpc) is 2.78. The van der Waals surface area contributed by atoms with Crippen LogP contribution in [0.15, 0.2) is 35.5 Å². The highest BCUT2D eigenvalue weighted by Gasteiger charge is 2.34. The Balaban J connectivity index is 2.28. The highest BCUT2D eigenvalue weighted by atomic mass is 127. The lowest BCUT2D eigenvalue weighted by Gasteiger charge is -2.15. The quantitative estimate of drug-likeness (QED) is 0.567. The van der Waals surface area contributed by atoms with Gasteiger partial charge in [-0.15, -0.1) is 0 Å². The zero-order valence-corrected chi connectivity index (χ0v) is 13.6. The summed E-state index contributed by atoms with van der Waals surface area (Å²) in [7, 11) is 1.27. The molecule has 0 aromatic heterocycles. The van der Waals surface area contributed by atoms with Crippen molar-refractivity contribution in [3.63, 3.8) is 0 Å². The third-order valence-corrected chi connectivity index (χ3v) is 3.79. The van der Waals surface area contributed by atoms with Gasteiger partial charge in [0, 0.05) is 15.8 Å². The lowest BCUT2D eigenvalue weighted by molar-refractivity contribution is -0.136. The molecule has 1 aromatic rings. The molecule has 21 heavy (non-hydrogen) atoms. The molecular weight excluding hydrogens is 387 g/mol. The van der Waals surface area contributed by atoms with Crippen LogP contribution in [-0.2, 0) is 14.3 Å². The highest BCUT2D eigenvalue weighted by Crippen LogP contribution is 2.23. The molecule has 1 aliphatic rings. The summed E-state index contributed by atoms with van der Waals surface area (Å²) in [5, 5.41) is 12.0. The van der Waals surface area contributed by atoms with Crippen LogP contribution in [0.3, 0.4) is 0 Å². The van der Waals surface area contributed by atoms with Gasteiger partial charge in [-0.05, 0) is 46.9 Å². The van der Waals surface area contributed by atoms with E-state index in [0.717, 1.165) is 3.57 Å². The summed E-state index contributed by atoms with van der Waals surface area (Å²) in [5.74, 6) is -0.861. The molecule has 0 spiro atoms. The standard InChI is InChI=1S/C14H15IN2O4/c1-21-14(20)11-8-17(6-7-18)13(19)12(11)16-10-4-2-9(15)3-5-10/h2-5,16,18H,6-8H2,1H3. The van der Waals surface area contributed by atoms with E-state index >= 15 is 0 Å². The van der Waals surface area contributed by atoms with Gasteiger partial charge in [0.2, 0.25) is 0 Å². The van der Waals surface area contributed by atoms with Crippen LogP contribution in [0, 0.1) is 3.57 Å². The number of anilines is 1. The molecule has 2 rings (SSSR count). The molecule has 0 radical (unpaired) electrons. The second-order valence-electron chi connectivity index (χ2n) is 4.43. The molecule has 6 nitrogen and oxygen atoms in total. The Morgan fingerprint density at radius 2 is 2.10 bits per heavy atom. The van der Waals surface area contributed by atoms with Crippen LogP contribution in [0.4, 0.5) is 5.69 Å². The number of nitrogens with one attached hydrogen (secondary N) is 1. The maximum absolute atomic E-state index is 12.3. The predicted octanol–water partition coefficient (Wildman–Crippen LogP) is 0.965. The number of carbonyl (C=O) groups excluding carboxylic acids is 2. The molecule has 0 aliphatic carbocycles. The molecule has 0 unspecified atom stereocenters. The Hall–Kier alpha value is -1.61. The van der Waals surface area contributed by atoms with Gasteiger partial charge in [-0.3, -0.25) is 4.79 Å². The van der Waals surface area contributed by atoms with Crippen molar-refractivity contribution >= 4 is 40.2 Å². The molecule has 1 amide bonds. The summed E-state index contributed by atoms with van der Waals surface area (Å²) in [6, 6.07) is 7.44. The van der Waals surface area contributed by atoms with Gasteiger partial charge in [0.05, 0.1) is 25.8 Å². The molecule has 1 heterocycles. The molecule has 112 valence electrons. The normalized spacial score (nSPS) is 14.6. The van der Waals surface area contributed by atoms with Crippen molar-refractivity contribution in [3.05, 3.63) is 39.1 Å². The first-order chi connectivity index (χ1) is 10.1. The minimum Gasteiger partial charge on any atom is -0.466 e. The van der Waals surface area contributed by atoms with Crippen LogP contribution >= 0.6 is 22.6 Å². The van der Waals surface area contributed by atoms with Gasteiger partial charge in [0.25, 0.3) is 5.91 Å². The molecular formula is C14H15IN2O4. The number of esters is 1. The molecule has 0 saturated heterocycles. The maximum Gasteiger partial charge on any atom is 0.337 e. The minimum atomic E-state index is -0.545. The summed E-state index contributed by atoms with van der Waals surface area (Å²) in [6.07, 6.45) is 0. The number of β-amino-alcohol motifs (C(OH)–C–C–N with tert-alkyl or cyclic N) is 1. The number of hydrogen-bond donors (Lipinski definition) is 2. The van der Waals surface area contributed by atoms with Crippen LogP contribution in [-0.4, -0.2) is 48.7 Å². The van der Waals surface area contributed by atoms with Crippen LogP contribution in [0.5, 0.6) is 0 Å². The number of carbonyl (C=O) groups is 2. The van der Waals surface area contributed by atoms with E-state index in [1.165, 1.54) is 12.0 Å². The van der Waals surface area contributed by atoms with E-state index in [1.807, 2.05) is 24.3 Å². The van der Waals surface area contributed by atoms with Crippen LogP contribution in [0.25, 0.3) is 0 Å². The maximum atomic E-state index is 12.3. The fraction of sp³-hybridized carbons (Fsp3) is 0.286. The summed E-state index contributed by atoms with van der Waals surface area (Å²) >= 11 is 2.18. The highest BCUT2D eigenvalue weighted by molar-refractivity contribution is 14.1. The third-order valence-electron chi connectivity index (χ3n) is 3.07. The van der Waals surface area contributed by atoms with E-state index in [2.05, 4.69) is 27.9 Å². The average molecular weight is 402 g/mol. The fourth-order valence-corrected chi connectivity index (χ4v) is 2.39. The van der Waals surface area contributed by atoms with Crippen LogP contribution < -0.4 is 5.32 Å². The van der Waals surface area contributed by atoms with Gasteiger partial charge in [-0.2, -0.15) is 0 Å². The molecule has 2 N–H and O–H groups in total. The van der Waals surface area contributed by atoms with Crippen molar-refractivity contribution in [1.82, 2.24) is 4.90 Å². The van der Waals surface area contributed by atoms with Crippen molar-refractivity contribution in [1.29, 1.82) is 0 Å². The molecule has 0 fully saturated rings. The summed E-state index contributed by atoms with van der Waals surface area (Å²) < 4.78 is 5.79. The summed E-state index contributed by atoms with van der Waals surface area (Å²) in [5.41, 5.74) is 1.19. The first-order valence-corrected chi connectivity index (χ1v) is 7.39. The number of rotatable bonds is 5. The molecule has 7 heteroatoms. The SMILES string of the molecule is COC(=O)C1=C(Nc2ccc(I)cc2)C(=O)N(CCO)C1. The first-order valence-electron chi connectivity index (χ1n) is 6.31. The number of halogens is 1. The zero-order valence-electron chi connectivity index (χ0n) is 11.4. The van der Waals surface area contributed by atoms with E-state index in [1.54, 1.807) is 0 Å². The predicted molar refractivity (Wildman–Crippen MR) is 85.5 cm³/mol. The minimum absolute atomic E-state index is 0.138. The van der Waals surface area contributed by atoms with E-state index in [0.29, 0.717) is 5.69 Å². The molecule has 1 aromatic carbocycles. The largest absolute Gasteiger partial charge is 0.466 e. The number of hydrogen-bond acceptors (Lipinski definition) is 5. The molecule has 1 aliphatic heterocycles. The van der Waals surface area contributed by atoms with Gasteiger partial charge in [0.15, 0.2) is 0 Å². The van der Waals surface area contributed by atoms with Crippen molar-refractivity contribution in [2.24, 2.45) is 0 Å². The van der Waals surface area contributed by atoms with Crippen molar-refractivity contribution < 1.29 is 19.4 Å². The van der Waals surface area contributed by atoms with E-state index in [9.17, 15) is 9.59 Å². The Morgan fingerprint density at radius 3 is 2.67 bits per heavy atom. The van der Waals surface area contributed by atoms with Crippen molar-refractivity contribution in [3.8, 4) is 0 Å². The zero-order chi connectivity index (χ0) is 15.4. The van der Waals surface area contributed by atoms with Gasteiger partial charge in [0.1, 0.15) is 5.70 Å². The first kappa shape index (κ1) is 15.8. The number of aliphatic hydroxyl groups is 1. The second-order valence-corrected chi connectivity index (χ2v) is 5.67. The van der Waals surface area contributed by atoms with Crippen molar-refractivity contribution in [2.75, 3.05) is 32.1 Å². The Labute approximate surface area is 135 Å². The number of aliphatic hydroxyl groups excluding tert-OH is 1. The Bertz CT molecular complexity index is 583. The summed E-state index contributed by atoms with van der Waals surface area (Å²) in [4.78, 5) is 25.5. The Kier molecular flexibility index (Phi) is 5.18. The Morgan fingerprint density at radius 1 is 1.43 bits per heavy atom. The number of methoxy groups -OCH3 is 1. The number of ether oxygens (including phenoxy) is 1. The van der Waals surface area contributed by atoms with Crippen LogP contribution in [0.2, 0.25) is 0 Å². The van der Waals surface area contributed by atoms with Gasteiger partial charge in [-0.25, -0.2) is 4.79 Å². The topological polar surface area (TPSA) is 78.9 Å². The molecule has 0 bridgehead atoms. The van der Waals surface area contributed by atoms with Crippen molar-refractivity contribution in [2.45, 2.75) is 0 Å². The molecule has 0 atom stereocenters. The van der Waals surface area contributed by atoms with Gasteiger partial charge in [-0.1, -0.05) is 0 Å². The lowest BCUT2D eigenvalue weighted by atomic mass is 10.2. The smallest absolute Gasteiger partial charge is 0.337 e. The summed E-state index contributed by atoms with van der Waals surface area (Å²) in [6.45, 7) is 0.160. The number of nitrogens with zero attached hydrogens (tertiary/aromatic N) is 1. The van der Waals surface area contributed by atoms with Crippen LogP contribution in [0.1, 0.15) is 0 Å². The van der Waals surface area contributed by atoms with E-state index in [-0.39, 0.29) is 36.9 Å². The second kappa shape index (κ2) is 6.90. The van der Waals surface area contributed by atoms with E-state index in [4.69, 9.17) is 9.84 Å². The number of amides is 1. The third kappa shape index (κ3) is 3.53. The van der Waals surface area contributed by atoms with E-state index < -0.39 is 5.97 Å². The fourth-order valence-electron chi connectivity index (χ4n) is 2.03. The van der Waals surface area contributed by atoms with Gasteiger partial charge >= 0.3 is 5.97 Å². The van der Waals surface area contributed by atoms with Gasteiger partial charge < -0.3 is 20.1 Å². The lowest BCUT2D eigenvalue weighted by Crippen LogP contribution is -2.31.